The summed E-state index contributed by atoms with van der Waals surface area (Å²) >= 11 is 6.06. The number of benzene rings is 2. The van der Waals surface area contributed by atoms with Crippen molar-refractivity contribution in [1.29, 1.82) is 0 Å². The van der Waals surface area contributed by atoms with E-state index in [4.69, 9.17) is 25.5 Å². The highest BCUT2D eigenvalue weighted by Crippen LogP contribution is 2.35. The number of amides is 1. The van der Waals surface area contributed by atoms with Gasteiger partial charge in [-0.2, -0.15) is 0 Å². The molecule has 0 radical (unpaired) electrons. The molecule has 0 saturated heterocycles. The average Bonchev–Trinajstić information content (AvgIpc) is 3.03. The second kappa shape index (κ2) is 6.80. The van der Waals surface area contributed by atoms with E-state index in [1.807, 2.05) is 12.1 Å². The van der Waals surface area contributed by atoms with Crippen LogP contribution in [0.4, 0.5) is 5.69 Å². The van der Waals surface area contributed by atoms with Crippen LogP contribution in [0.15, 0.2) is 41.1 Å². The Labute approximate surface area is 143 Å². The highest BCUT2D eigenvalue weighted by Gasteiger charge is 2.13. The SMILES string of the molecule is COc1cc(NC(=O)Cc2ccc3ncoc3c2)c(OC)cc1Cl. The number of carbonyl (C=O) groups excluding carboxylic acids is 1. The molecular formula is C17H15ClN2O4. The Morgan fingerprint density at radius 2 is 2.00 bits per heavy atom. The van der Waals surface area contributed by atoms with Crippen molar-refractivity contribution >= 4 is 34.3 Å². The van der Waals surface area contributed by atoms with Gasteiger partial charge in [-0.3, -0.25) is 4.79 Å². The molecule has 0 spiro atoms. The summed E-state index contributed by atoms with van der Waals surface area (Å²) in [6.45, 7) is 0. The van der Waals surface area contributed by atoms with Gasteiger partial charge < -0.3 is 19.2 Å². The van der Waals surface area contributed by atoms with Gasteiger partial charge in [-0.1, -0.05) is 17.7 Å². The van der Waals surface area contributed by atoms with Crippen molar-refractivity contribution < 1.29 is 18.7 Å². The summed E-state index contributed by atoms with van der Waals surface area (Å²) in [4.78, 5) is 16.4. The molecule has 3 aromatic rings. The number of methoxy groups -OCH3 is 2. The van der Waals surface area contributed by atoms with E-state index in [0.717, 1.165) is 11.1 Å². The zero-order valence-corrected chi connectivity index (χ0v) is 13.9. The molecule has 3 rings (SSSR count). The molecule has 0 saturated carbocycles. The van der Waals surface area contributed by atoms with Crippen LogP contribution in [0.5, 0.6) is 11.5 Å². The third-order valence-corrected chi connectivity index (χ3v) is 3.80. The molecule has 0 aliphatic rings. The van der Waals surface area contributed by atoms with Crippen LogP contribution >= 0.6 is 11.6 Å². The summed E-state index contributed by atoms with van der Waals surface area (Å²) in [5.41, 5.74) is 2.70. The van der Waals surface area contributed by atoms with E-state index in [1.165, 1.54) is 20.6 Å². The van der Waals surface area contributed by atoms with Crippen molar-refractivity contribution in [1.82, 2.24) is 4.98 Å². The number of nitrogens with one attached hydrogen (secondary N) is 1. The van der Waals surface area contributed by atoms with Gasteiger partial charge in [-0.25, -0.2) is 4.98 Å². The predicted molar refractivity (Wildman–Crippen MR) is 90.9 cm³/mol. The Morgan fingerprint density at radius 1 is 1.21 bits per heavy atom. The van der Waals surface area contributed by atoms with Crippen LogP contribution in [0, 0.1) is 0 Å². The molecule has 24 heavy (non-hydrogen) atoms. The van der Waals surface area contributed by atoms with E-state index >= 15 is 0 Å². The topological polar surface area (TPSA) is 73.6 Å². The van der Waals surface area contributed by atoms with E-state index < -0.39 is 0 Å². The lowest BCUT2D eigenvalue weighted by atomic mass is 10.1. The molecule has 2 aromatic carbocycles. The van der Waals surface area contributed by atoms with Crippen LogP contribution in [0.3, 0.4) is 0 Å². The molecule has 1 aromatic heterocycles. The molecule has 0 aliphatic heterocycles. The van der Waals surface area contributed by atoms with Gasteiger partial charge in [0, 0.05) is 12.1 Å². The molecule has 0 aliphatic carbocycles. The standard InChI is InChI=1S/C17H15ClN2O4/c1-22-14-8-13(15(23-2)7-11(14)18)20-17(21)6-10-3-4-12-16(5-10)24-9-19-12/h3-5,7-9H,6H2,1-2H3,(H,20,21). The van der Waals surface area contributed by atoms with E-state index in [0.29, 0.717) is 27.8 Å². The monoisotopic (exact) mass is 346 g/mol. The van der Waals surface area contributed by atoms with E-state index in [2.05, 4.69) is 10.3 Å². The smallest absolute Gasteiger partial charge is 0.228 e. The molecular weight excluding hydrogens is 332 g/mol. The Balaban J connectivity index is 1.78. The van der Waals surface area contributed by atoms with Gasteiger partial charge in [0.15, 0.2) is 12.0 Å². The Morgan fingerprint density at radius 3 is 2.75 bits per heavy atom. The van der Waals surface area contributed by atoms with Gasteiger partial charge in [0.1, 0.15) is 17.0 Å². The van der Waals surface area contributed by atoms with Crippen molar-refractivity contribution in [2.45, 2.75) is 6.42 Å². The number of oxazole rings is 1. The quantitative estimate of drug-likeness (QED) is 0.762. The number of carbonyl (C=O) groups is 1. The molecule has 1 heterocycles. The van der Waals surface area contributed by atoms with Gasteiger partial charge in [0.25, 0.3) is 0 Å². The predicted octanol–water partition coefficient (Wildman–Crippen LogP) is 3.68. The first-order valence-corrected chi connectivity index (χ1v) is 7.52. The van der Waals surface area contributed by atoms with E-state index in [9.17, 15) is 4.79 Å². The summed E-state index contributed by atoms with van der Waals surface area (Å²) in [5.74, 6) is 0.715. The molecule has 0 atom stereocenters. The second-order valence-corrected chi connectivity index (χ2v) is 5.47. The molecule has 124 valence electrons. The minimum absolute atomic E-state index is 0.185. The van der Waals surface area contributed by atoms with Crippen molar-refractivity contribution in [3.8, 4) is 11.5 Å². The molecule has 1 amide bonds. The number of fused-ring (bicyclic) bond motifs is 1. The van der Waals surface area contributed by atoms with Crippen molar-refractivity contribution in [2.75, 3.05) is 19.5 Å². The van der Waals surface area contributed by atoms with Crippen LogP contribution in [0.1, 0.15) is 5.56 Å². The van der Waals surface area contributed by atoms with Crippen LogP contribution in [-0.2, 0) is 11.2 Å². The normalized spacial score (nSPS) is 10.6. The zero-order chi connectivity index (χ0) is 17.1. The first-order chi connectivity index (χ1) is 11.6. The van der Waals surface area contributed by atoms with Crippen molar-refractivity contribution in [3.63, 3.8) is 0 Å². The average molecular weight is 347 g/mol. The molecule has 0 unspecified atom stereocenters. The number of aromatic nitrogens is 1. The number of anilines is 1. The molecule has 6 nitrogen and oxygen atoms in total. The summed E-state index contributed by atoms with van der Waals surface area (Å²) < 4.78 is 15.7. The van der Waals surface area contributed by atoms with Gasteiger partial charge in [0.2, 0.25) is 5.91 Å². The highest BCUT2D eigenvalue weighted by molar-refractivity contribution is 6.32. The fourth-order valence-corrected chi connectivity index (χ4v) is 2.58. The fourth-order valence-electron chi connectivity index (χ4n) is 2.35. The number of nitrogens with zero attached hydrogens (tertiary/aromatic N) is 1. The highest BCUT2D eigenvalue weighted by atomic mass is 35.5. The minimum atomic E-state index is -0.198. The summed E-state index contributed by atoms with van der Waals surface area (Å²) in [5, 5.41) is 3.21. The molecule has 7 heteroatoms. The third kappa shape index (κ3) is 3.28. The molecule has 0 bridgehead atoms. The first-order valence-electron chi connectivity index (χ1n) is 7.14. The van der Waals surface area contributed by atoms with Crippen LogP contribution in [0.2, 0.25) is 5.02 Å². The van der Waals surface area contributed by atoms with Gasteiger partial charge in [-0.15, -0.1) is 0 Å². The van der Waals surface area contributed by atoms with Crippen LogP contribution < -0.4 is 14.8 Å². The summed E-state index contributed by atoms with van der Waals surface area (Å²) in [7, 11) is 3.01. The lowest BCUT2D eigenvalue weighted by Crippen LogP contribution is -2.15. The fraction of sp³-hybridized carbons (Fsp3) is 0.176. The van der Waals surface area contributed by atoms with Crippen LogP contribution in [0.25, 0.3) is 11.1 Å². The van der Waals surface area contributed by atoms with Crippen molar-refractivity contribution in [3.05, 3.63) is 47.3 Å². The van der Waals surface area contributed by atoms with E-state index in [1.54, 1.807) is 18.2 Å². The maximum absolute atomic E-state index is 12.3. The third-order valence-electron chi connectivity index (χ3n) is 3.51. The Hall–Kier alpha value is -2.73. The number of hydrogen-bond donors (Lipinski definition) is 1. The lowest BCUT2D eigenvalue weighted by Gasteiger charge is -2.13. The number of rotatable bonds is 5. The minimum Gasteiger partial charge on any atom is -0.495 e. The van der Waals surface area contributed by atoms with Crippen LogP contribution in [-0.4, -0.2) is 25.1 Å². The number of halogens is 1. The Bertz CT molecular complexity index is 891. The Kier molecular flexibility index (Phi) is 4.57. The second-order valence-electron chi connectivity index (χ2n) is 5.07. The first kappa shape index (κ1) is 16.1. The van der Waals surface area contributed by atoms with Gasteiger partial charge in [-0.05, 0) is 17.7 Å². The number of hydrogen-bond acceptors (Lipinski definition) is 5. The molecule has 1 N–H and O–H groups in total. The largest absolute Gasteiger partial charge is 0.495 e. The maximum Gasteiger partial charge on any atom is 0.228 e. The number of ether oxygens (including phenoxy) is 2. The maximum atomic E-state index is 12.3. The summed E-state index contributed by atoms with van der Waals surface area (Å²) in [6, 6.07) is 8.66. The van der Waals surface area contributed by atoms with E-state index in [-0.39, 0.29) is 12.3 Å². The lowest BCUT2D eigenvalue weighted by molar-refractivity contribution is -0.115. The zero-order valence-electron chi connectivity index (χ0n) is 13.1. The van der Waals surface area contributed by atoms with Gasteiger partial charge in [0.05, 0.1) is 31.4 Å². The van der Waals surface area contributed by atoms with Crippen molar-refractivity contribution in [2.24, 2.45) is 0 Å². The summed E-state index contributed by atoms with van der Waals surface area (Å²) in [6.07, 6.45) is 1.56. The molecule has 0 fully saturated rings. The van der Waals surface area contributed by atoms with Gasteiger partial charge >= 0.3 is 0 Å².